The highest BCUT2D eigenvalue weighted by Crippen LogP contribution is 2.21. The Morgan fingerprint density at radius 2 is 2.00 bits per heavy atom. The van der Waals surface area contributed by atoms with Gasteiger partial charge in [-0.15, -0.1) is 10.2 Å². The van der Waals surface area contributed by atoms with Crippen molar-refractivity contribution in [1.29, 1.82) is 0 Å². The second-order valence-electron chi connectivity index (χ2n) is 4.12. The van der Waals surface area contributed by atoms with Gasteiger partial charge in [-0.1, -0.05) is 13.8 Å². The molecule has 0 atom stereocenters. The zero-order valence-electron chi connectivity index (χ0n) is 10.9. The van der Waals surface area contributed by atoms with Crippen LogP contribution in [0.15, 0.2) is 21.0 Å². The molecule has 98 valence electrons. The summed E-state index contributed by atoms with van der Waals surface area (Å²) in [5.74, 6) is 2.67. The molecule has 2 rings (SSSR count). The molecular weight excluding hydrogens is 230 g/mol. The van der Waals surface area contributed by atoms with E-state index in [9.17, 15) is 0 Å². The molecule has 2 aromatic heterocycles. The monoisotopic (exact) mass is 249 g/mol. The van der Waals surface area contributed by atoms with E-state index in [0.717, 1.165) is 38.1 Å². The van der Waals surface area contributed by atoms with Gasteiger partial charge in [0.25, 0.3) is 5.89 Å². The minimum absolute atomic E-state index is 0.459. The third-order valence-electron chi connectivity index (χ3n) is 2.63. The molecule has 0 amide bonds. The summed E-state index contributed by atoms with van der Waals surface area (Å²) in [5.41, 5.74) is 0. The lowest BCUT2D eigenvalue weighted by molar-refractivity contribution is 0.462. The molecule has 18 heavy (non-hydrogen) atoms. The summed E-state index contributed by atoms with van der Waals surface area (Å²) in [7, 11) is 0. The summed E-state index contributed by atoms with van der Waals surface area (Å²) >= 11 is 0. The first-order valence-electron chi connectivity index (χ1n) is 6.45. The van der Waals surface area contributed by atoms with Crippen molar-refractivity contribution in [1.82, 2.24) is 15.5 Å². The summed E-state index contributed by atoms with van der Waals surface area (Å²) in [5, 5.41) is 11.3. The fourth-order valence-electron chi connectivity index (χ4n) is 1.63. The lowest BCUT2D eigenvalue weighted by atomic mass is 10.3. The molecule has 5 nitrogen and oxygen atoms in total. The van der Waals surface area contributed by atoms with Crippen LogP contribution in [0.25, 0.3) is 11.7 Å². The number of nitrogens with zero attached hydrogens (tertiary/aromatic N) is 2. The van der Waals surface area contributed by atoms with Crippen molar-refractivity contribution in [3.05, 3.63) is 23.8 Å². The van der Waals surface area contributed by atoms with Crippen LogP contribution in [0.2, 0.25) is 0 Å². The van der Waals surface area contributed by atoms with Crippen LogP contribution in [-0.4, -0.2) is 23.3 Å². The van der Waals surface area contributed by atoms with Crippen LogP contribution in [0.5, 0.6) is 0 Å². The van der Waals surface area contributed by atoms with Gasteiger partial charge in [0.2, 0.25) is 5.89 Å². The first-order chi connectivity index (χ1) is 8.83. The number of aromatic nitrogens is 2. The van der Waals surface area contributed by atoms with E-state index in [1.54, 1.807) is 0 Å². The maximum Gasteiger partial charge on any atom is 0.283 e. The average Bonchev–Trinajstić information content (AvgIpc) is 3.03. The summed E-state index contributed by atoms with van der Waals surface area (Å²) in [6, 6.07) is 3.80. The molecule has 2 aromatic rings. The fourth-order valence-corrected chi connectivity index (χ4v) is 1.63. The zero-order chi connectivity index (χ0) is 12.8. The highest BCUT2D eigenvalue weighted by Gasteiger charge is 2.11. The number of hydrogen-bond donors (Lipinski definition) is 1. The molecule has 0 unspecified atom stereocenters. The Balaban J connectivity index is 1.93. The molecule has 0 aliphatic rings. The predicted molar refractivity (Wildman–Crippen MR) is 68.2 cm³/mol. The number of nitrogens with one attached hydrogen (secondary N) is 1. The highest BCUT2D eigenvalue weighted by molar-refractivity contribution is 5.43. The molecule has 2 heterocycles. The molecule has 0 aliphatic heterocycles. The Bertz CT molecular complexity index is 476. The summed E-state index contributed by atoms with van der Waals surface area (Å²) in [6.07, 6.45) is 2.73. The largest absolute Gasteiger partial charge is 0.456 e. The van der Waals surface area contributed by atoms with Gasteiger partial charge in [-0.3, -0.25) is 0 Å². The van der Waals surface area contributed by atoms with Gasteiger partial charge >= 0.3 is 0 Å². The Morgan fingerprint density at radius 1 is 1.11 bits per heavy atom. The zero-order valence-corrected chi connectivity index (χ0v) is 10.9. The van der Waals surface area contributed by atoms with Crippen molar-refractivity contribution in [2.24, 2.45) is 0 Å². The summed E-state index contributed by atoms with van der Waals surface area (Å²) < 4.78 is 11.1. The third kappa shape index (κ3) is 3.20. The van der Waals surface area contributed by atoms with Crippen molar-refractivity contribution in [3.8, 4) is 11.7 Å². The van der Waals surface area contributed by atoms with Crippen LogP contribution in [-0.2, 0) is 12.8 Å². The second-order valence-corrected chi connectivity index (χ2v) is 4.12. The number of furan rings is 1. The van der Waals surface area contributed by atoms with Gasteiger partial charge in [0.1, 0.15) is 5.76 Å². The fraction of sp³-hybridized carbons (Fsp3) is 0.538. The second kappa shape index (κ2) is 6.35. The Hall–Kier alpha value is -1.62. The normalized spacial score (nSPS) is 11.0. The van der Waals surface area contributed by atoms with E-state index in [2.05, 4.69) is 22.4 Å². The summed E-state index contributed by atoms with van der Waals surface area (Å²) in [6.45, 7) is 6.05. The average molecular weight is 249 g/mol. The maximum atomic E-state index is 5.56. The molecule has 0 saturated heterocycles. The topological polar surface area (TPSA) is 64.1 Å². The minimum Gasteiger partial charge on any atom is -0.456 e. The molecular formula is C13H19N3O2. The van der Waals surface area contributed by atoms with Gasteiger partial charge in [-0.05, 0) is 25.1 Å². The molecule has 0 spiro atoms. The van der Waals surface area contributed by atoms with Crippen molar-refractivity contribution in [2.75, 3.05) is 13.1 Å². The van der Waals surface area contributed by atoms with Crippen LogP contribution in [0, 0.1) is 0 Å². The van der Waals surface area contributed by atoms with Crippen LogP contribution in [0.4, 0.5) is 0 Å². The highest BCUT2D eigenvalue weighted by atomic mass is 16.4. The van der Waals surface area contributed by atoms with Gasteiger partial charge in [0.15, 0.2) is 5.76 Å². The quantitative estimate of drug-likeness (QED) is 0.763. The Labute approximate surface area is 107 Å². The van der Waals surface area contributed by atoms with Crippen LogP contribution >= 0.6 is 0 Å². The van der Waals surface area contributed by atoms with E-state index in [1.807, 2.05) is 19.1 Å². The molecule has 0 aliphatic carbocycles. The van der Waals surface area contributed by atoms with Gasteiger partial charge in [-0.2, -0.15) is 0 Å². The number of rotatable bonds is 7. The van der Waals surface area contributed by atoms with Gasteiger partial charge in [0.05, 0.1) is 0 Å². The molecule has 0 aromatic carbocycles. The van der Waals surface area contributed by atoms with Crippen molar-refractivity contribution < 1.29 is 8.83 Å². The summed E-state index contributed by atoms with van der Waals surface area (Å²) in [4.78, 5) is 0. The molecule has 0 saturated carbocycles. The molecule has 0 bridgehead atoms. The third-order valence-corrected chi connectivity index (χ3v) is 2.63. The SMILES string of the molecule is CCCNCCc1nnc(-c2ccc(CC)o2)o1. The predicted octanol–water partition coefficient (Wildman–Crippen LogP) is 2.43. The van der Waals surface area contributed by atoms with Gasteiger partial charge in [0, 0.05) is 19.4 Å². The van der Waals surface area contributed by atoms with E-state index in [4.69, 9.17) is 8.83 Å². The van der Waals surface area contributed by atoms with Crippen molar-refractivity contribution in [3.63, 3.8) is 0 Å². The van der Waals surface area contributed by atoms with Crippen molar-refractivity contribution >= 4 is 0 Å². The van der Waals surface area contributed by atoms with E-state index in [-0.39, 0.29) is 0 Å². The van der Waals surface area contributed by atoms with E-state index in [0.29, 0.717) is 17.5 Å². The van der Waals surface area contributed by atoms with Crippen LogP contribution in [0.1, 0.15) is 31.9 Å². The van der Waals surface area contributed by atoms with E-state index < -0.39 is 0 Å². The lowest BCUT2D eigenvalue weighted by Gasteiger charge is -1.98. The Morgan fingerprint density at radius 3 is 2.72 bits per heavy atom. The van der Waals surface area contributed by atoms with Crippen LogP contribution < -0.4 is 5.32 Å². The molecule has 0 radical (unpaired) electrons. The maximum absolute atomic E-state index is 5.56. The van der Waals surface area contributed by atoms with E-state index >= 15 is 0 Å². The number of aryl methyl sites for hydroxylation is 1. The molecule has 1 N–H and O–H groups in total. The first-order valence-corrected chi connectivity index (χ1v) is 6.45. The van der Waals surface area contributed by atoms with Crippen LogP contribution in [0.3, 0.4) is 0 Å². The minimum atomic E-state index is 0.459. The van der Waals surface area contributed by atoms with Gasteiger partial charge < -0.3 is 14.2 Å². The molecule has 5 heteroatoms. The van der Waals surface area contributed by atoms with Gasteiger partial charge in [-0.25, -0.2) is 0 Å². The number of hydrogen-bond acceptors (Lipinski definition) is 5. The molecule has 0 fully saturated rings. The lowest BCUT2D eigenvalue weighted by Crippen LogP contribution is -2.17. The standard InChI is InChI=1S/C13H19N3O2/c1-3-8-14-9-7-12-15-16-13(18-12)11-6-5-10(4-2)17-11/h5-6,14H,3-4,7-9H2,1-2H3. The van der Waals surface area contributed by atoms with E-state index in [1.165, 1.54) is 0 Å². The smallest absolute Gasteiger partial charge is 0.283 e. The Kier molecular flexibility index (Phi) is 4.52. The van der Waals surface area contributed by atoms with Crippen molar-refractivity contribution in [2.45, 2.75) is 33.1 Å². The first kappa shape index (κ1) is 12.8.